The molecular formula is C11H18N4O4S. The van der Waals surface area contributed by atoms with Gasteiger partial charge in [0.2, 0.25) is 10.0 Å². The Labute approximate surface area is 116 Å². The third kappa shape index (κ3) is 2.32. The number of hydrogen-bond acceptors (Lipinski definition) is 5. The zero-order valence-corrected chi connectivity index (χ0v) is 12.3. The second kappa shape index (κ2) is 5.15. The number of sulfonamides is 1. The van der Waals surface area contributed by atoms with E-state index in [4.69, 9.17) is 5.73 Å². The van der Waals surface area contributed by atoms with Crippen LogP contribution in [-0.4, -0.2) is 41.5 Å². The van der Waals surface area contributed by atoms with E-state index >= 15 is 0 Å². The van der Waals surface area contributed by atoms with Crippen LogP contribution in [0, 0.1) is 5.92 Å². The average Bonchev–Trinajstić information content (AvgIpc) is 2.90. The monoisotopic (exact) mass is 302 g/mol. The van der Waals surface area contributed by atoms with Crippen LogP contribution < -0.4 is 17.0 Å². The molecule has 1 aliphatic rings. The highest BCUT2D eigenvalue weighted by molar-refractivity contribution is 7.89. The second-order valence-corrected chi connectivity index (χ2v) is 6.91. The lowest BCUT2D eigenvalue weighted by atomic mass is 10.1. The number of nitrogens with two attached hydrogens (primary N) is 1. The number of aryl methyl sites for hydroxylation is 1. The van der Waals surface area contributed by atoms with E-state index in [2.05, 4.69) is 0 Å². The molecule has 2 N–H and O–H groups in total. The molecule has 0 saturated carbocycles. The summed E-state index contributed by atoms with van der Waals surface area (Å²) in [5, 5.41) is 0. The van der Waals surface area contributed by atoms with Gasteiger partial charge in [-0.25, -0.2) is 13.2 Å². The number of rotatable bonds is 3. The zero-order chi connectivity index (χ0) is 15.1. The van der Waals surface area contributed by atoms with Crippen LogP contribution in [0.1, 0.15) is 6.42 Å². The molecule has 1 aliphatic heterocycles. The van der Waals surface area contributed by atoms with Crippen molar-refractivity contribution in [3.8, 4) is 0 Å². The first-order valence-electron chi connectivity index (χ1n) is 6.26. The lowest BCUT2D eigenvalue weighted by molar-refractivity contribution is 0.455. The number of nitrogens with zero attached hydrogens (tertiary/aromatic N) is 3. The van der Waals surface area contributed by atoms with Crippen molar-refractivity contribution < 1.29 is 8.42 Å². The third-order valence-corrected chi connectivity index (χ3v) is 5.46. The topological polar surface area (TPSA) is 107 Å². The molecule has 0 aromatic carbocycles. The zero-order valence-electron chi connectivity index (χ0n) is 11.4. The summed E-state index contributed by atoms with van der Waals surface area (Å²) >= 11 is 0. The predicted molar refractivity (Wildman–Crippen MR) is 72.8 cm³/mol. The van der Waals surface area contributed by atoms with E-state index in [0.717, 1.165) is 15.3 Å². The molecule has 0 spiro atoms. The van der Waals surface area contributed by atoms with E-state index in [1.54, 1.807) is 0 Å². The average molecular weight is 302 g/mol. The molecule has 9 heteroatoms. The number of hydrogen-bond donors (Lipinski definition) is 1. The van der Waals surface area contributed by atoms with Gasteiger partial charge in [0, 0.05) is 33.4 Å². The summed E-state index contributed by atoms with van der Waals surface area (Å²) < 4.78 is 28.1. The summed E-state index contributed by atoms with van der Waals surface area (Å²) in [5.41, 5.74) is 4.18. The van der Waals surface area contributed by atoms with E-state index in [1.165, 1.54) is 18.4 Å². The van der Waals surface area contributed by atoms with E-state index < -0.39 is 21.3 Å². The molecule has 1 aromatic rings. The molecule has 1 atom stereocenters. The van der Waals surface area contributed by atoms with Crippen molar-refractivity contribution in [3.05, 3.63) is 27.0 Å². The van der Waals surface area contributed by atoms with Gasteiger partial charge in [0.25, 0.3) is 5.56 Å². The normalized spacial score (nSPS) is 20.4. The molecule has 2 heterocycles. The fraction of sp³-hybridized carbons (Fsp3) is 0.636. The predicted octanol–water partition coefficient (Wildman–Crippen LogP) is -1.95. The van der Waals surface area contributed by atoms with E-state index in [-0.39, 0.29) is 10.8 Å². The Balaban J connectivity index is 2.52. The van der Waals surface area contributed by atoms with Crippen LogP contribution in [0.2, 0.25) is 0 Å². The fourth-order valence-corrected chi connectivity index (χ4v) is 3.98. The molecule has 112 valence electrons. The van der Waals surface area contributed by atoms with Crippen molar-refractivity contribution in [2.45, 2.75) is 11.3 Å². The Hall–Kier alpha value is -1.45. The molecule has 8 nitrogen and oxygen atoms in total. The largest absolute Gasteiger partial charge is 0.330 e. The van der Waals surface area contributed by atoms with Crippen LogP contribution in [0.25, 0.3) is 0 Å². The summed E-state index contributed by atoms with van der Waals surface area (Å²) in [6, 6.07) is 0. The number of aromatic nitrogens is 2. The standard InChI is InChI=1S/C11H18N4O4S/c1-13-7-9(10(16)14(2)11(13)17)20(18,19)15-4-3-8(5-12)6-15/h7-8H,3-6,12H2,1-2H3. The highest BCUT2D eigenvalue weighted by Crippen LogP contribution is 2.21. The summed E-state index contributed by atoms with van der Waals surface area (Å²) in [5.74, 6) is 0.112. The lowest BCUT2D eigenvalue weighted by Crippen LogP contribution is -2.42. The summed E-state index contributed by atoms with van der Waals surface area (Å²) in [4.78, 5) is 23.2. The molecule has 1 unspecified atom stereocenters. The molecule has 1 saturated heterocycles. The molecular weight excluding hydrogens is 284 g/mol. The molecule has 20 heavy (non-hydrogen) atoms. The maximum absolute atomic E-state index is 12.5. The van der Waals surface area contributed by atoms with Crippen LogP contribution in [-0.2, 0) is 24.1 Å². The van der Waals surface area contributed by atoms with Gasteiger partial charge in [-0.05, 0) is 18.9 Å². The summed E-state index contributed by atoms with van der Waals surface area (Å²) in [6.45, 7) is 1.07. The van der Waals surface area contributed by atoms with Crippen molar-refractivity contribution in [1.82, 2.24) is 13.4 Å². The van der Waals surface area contributed by atoms with Gasteiger partial charge in [-0.15, -0.1) is 0 Å². The molecule has 0 aliphatic carbocycles. The Bertz CT molecular complexity index is 734. The highest BCUT2D eigenvalue weighted by atomic mass is 32.2. The maximum Gasteiger partial charge on any atom is 0.330 e. The molecule has 1 aromatic heterocycles. The van der Waals surface area contributed by atoms with E-state index in [1.807, 2.05) is 0 Å². The Morgan fingerprint density at radius 3 is 2.55 bits per heavy atom. The minimum absolute atomic E-state index is 0.112. The van der Waals surface area contributed by atoms with Gasteiger partial charge in [-0.1, -0.05) is 0 Å². The Morgan fingerprint density at radius 2 is 2.00 bits per heavy atom. The smallest absolute Gasteiger partial charge is 0.330 e. The van der Waals surface area contributed by atoms with E-state index in [0.29, 0.717) is 26.1 Å². The first kappa shape index (κ1) is 14.9. The second-order valence-electron chi connectivity index (χ2n) is 5.00. The summed E-state index contributed by atoms with van der Waals surface area (Å²) in [6.07, 6.45) is 1.76. The van der Waals surface area contributed by atoms with Gasteiger partial charge in [0.05, 0.1) is 0 Å². The summed E-state index contributed by atoms with van der Waals surface area (Å²) in [7, 11) is -1.22. The van der Waals surface area contributed by atoms with Gasteiger partial charge in [0.15, 0.2) is 4.90 Å². The quantitative estimate of drug-likeness (QED) is 0.698. The SMILES string of the molecule is Cn1cc(S(=O)(=O)N2CCC(CN)C2)c(=O)n(C)c1=O. The van der Waals surface area contributed by atoms with Crippen molar-refractivity contribution in [2.75, 3.05) is 19.6 Å². The minimum Gasteiger partial charge on any atom is -0.330 e. The molecule has 1 fully saturated rings. The minimum atomic E-state index is -3.89. The lowest BCUT2D eigenvalue weighted by Gasteiger charge is -2.16. The van der Waals surface area contributed by atoms with Gasteiger partial charge < -0.3 is 10.3 Å². The van der Waals surface area contributed by atoms with Gasteiger partial charge in [-0.2, -0.15) is 4.31 Å². The molecule has 0 bridgehead atoms. The van der Waals surface area contributed by atoms with Crippen LogP contribution in [0.3, 0.4) is 0 Å². The van der Waals surface area contributed by atoms with Gasteiger partial charge in [0.1, 0.15) is 0 Å². The van der Waals surface area contributed by atoms with Crippen LogP contribution >= 0.6 is 0 Å². The Kier molecular flexibility index (Phi) is 3.85. The highest BCUT2D eigenvalue weighted by Gasteiger charge is 2.34. The first-order valence-corrected chi connectivity index (χ1v) is 7.70. The third-order valence-electron chi connectivity index (χ3n) is 3.61. The molecule has 0 radical (unpaired) electrons. The van der Waals surface area contributed by atoms with Crippen molar-refractivity contribution >= 4 is 10.0 Å². The van der Waals surface area contributed by atoms with Gasteiger partial charge in [-0.3, -0.25) is 9.36 Å². The van der Waals surface area contributed by atoms with Crippen LogP contribution in [0.4, 0.5) is 0 Å². The fourth-order valence-electron chi connectivity index (χ4n) is 2.30. The van der Waals surface area contributed by atoms with Crippen molar-refractivity contribution in [2.24, 2.45) is 25.7 Å². The van der Waals surface area contributed by atoms with Gasteiger partial charge >= 0.3 is 5.69 Å². The van der Waals surface area contributed by atoms with Crippen molar-refractivity contribution in [1.29, 1.82) is 0 Å². The van der Waals surface area contributed by atoms with Crippen molar-refractivity contribution in [3.63, 3.8) is 0 Å². The van der Waals surface area contributed by atoms with E-state index in [9.17, 15) is 18.0 Å². The van der Waals surface area contributed by atoms with Crippen LogP contribution in [0.5, 0.6) is 0 Å². The van der Waals surface area contributed by atoms with Crippen LogP contribution in [0.15, 0.2) is 20.7 Å². The molecule has 0 amide bonds. The Morgan fingerprint density at radius 1 is 1.35 bits per heavy atom. The maximum atomic E-state index is 12.5. The molecule has 2 rings (SSSR count). The first-order chi connectivity index (χ1) is 9.28.